The van der Waals surface area contributed by atoms with E-state index in [-0.39, 0.29) is 12.5 Å². The Kier molecular flexibility index (Phi) is 3.75. The lowest BCUT2D eigenvalue weighted by Crippen LogP contribution is -2.41. The Balaban J connectivity index is 2.17. The second kappa shape index (κ2) is 5.29. The van der Waals surface area contributed by atoms with Crippen LogP contribution in [0.15, 0.2) is 24.3 Å². The summed E-state index contributed by atoms with van der Waals surface area (Å²) < 4.78 is 5.14. The van der Waals surface area contributed by atoms with Gasteiger partial charge in [0.15, 0.2) is 0 Å². The van der Waals surface area contributed by atoms with Crippen LogP contribution < -0.4 is 15.4 Å². The number of amides is 1. The molecule has 98 valence electrons. The highest BCUT2D eigenvalue weighted by atomic mass is 16.5. The summed E-state index contributed by atoms with van der Waals surface area (Å²) >= 11 is 0. The maximum atomic E-state index is 11.2. The van der Waals surface area contributed by atoms with Crippen molar-refractivity contribution in [1.29, 1.82) is 0 Å². The summed E-state index contributed by atoms with van der Waals surface area (Å²) in [6, 6.07) is 8.11. The van der Waals surface area contributed by atoms with Gasteiger partial charge in [0.05, 0.1) is 13.7 Å². The fraction of sp³-hybridized carbons (Fsp3) is 0.500. The first-order chi connectivity index (χ1) is 8.61. The number of nitrogens with zero attached hydrogens (tertiary/aromatic N) is 1. The highest BCUT2D eigenvalue weighted by molar-refractivity contribution is 5.79. The Morgan fingerprint density at radius 1 is 1.44 bits per heavy atom. The zero-order valence-electron chi connectivity index (χ0n) is 10.9. The fourth-order valence-corrected chi connectivity index (χ4v) is 2.25. The van der Waals surface area contributed by atoms with Gasteiger partial charge in [-0.25, -0.2) is 0 Å². The molecule has 2 N–H and O–H groups in total. The SMILES string of the molecule is COc1ccc(N(CC(N)=O)C(C)C2CC2)cc1. The molecule has 1 aliphatic rings. The largest absolute Gasteiger partial charge is 0.497 e. The normalized spacial score (nSPS) is 16.1. The molecular formula is C14H20N2O2. The molecule has 1 fully saturated rings. The molecule has 0 aliphatic heterocycles. The molecule has 1 saturated carbocycles. The second-order valence-corrected chi connectivity index (χ2v) is 4.87. The van der Waals surface area contributed by atoms with Crippen LogP contribution in [0, 0.1) is 5.92 Å². The van der Waals surface area contributed by atoms with Crippen molar-refractivity contribution in [2.45, 2.75) is 25.8 Å². The Bertz CT molecular complexity index is 412. The van der Waals surface area contributed by atoms with Gasteiger partial charge in [-0.3, -0.25) is 4.79 Å². The van der Waals surface area contributed by atoms with Gasteiger partial charge < -0.3 is 15.4 Å². The van der Waals surface area contributed by atoms with Crippen LogP contribution in [0.1, 0.15) is 19.8 Å². The quantitative estimate of drug-likeness (QED) is 0.835. The summed E-state index contributed by atoms with van der Waals surface area (Å²) in [5.74, 6) is 1.21. The average molecular weight is 248 g/mol. The third kappa shape index (κ3) is 2.94. The van der Waals surface area contributed by atoms with Crippen molar-refractivity contribution < 1.29 is 9.53 Å². The molecule has 0 spiro atoms. The average Bonchev–Trinajstić information content (AvgIpc) is 3.19. The van der Waals surface area contributed by atoms with Crippen LogP contribution in [0.4, 0.5) is 5.69 Å². The van der Waals surface area contributed by atoms with Gasteiger partial charge in [0.1, 0.15) is 5.75 Å². The van der Waals surface area contributed by atoms with Crippen LogP contribution in [-0.4, -0.2) is 25.6 Å². The number of primary amides is 1. The van der Waals surface area contributed by atoms with Crippen LogP contribution in [-0.2, 0) is 4.79 Å². The molecule has 0 radical (unpaired) electrons. The summed E-state index contributed by atoms with van der Waals surface area (Å²) in [4.78, 5) is 13.3. The zero-order chi connectivity index (χ0) is 13.1. The van der Waals surface area contributed by atoms with Crippen LogP contribution in [0.5, 0.6) is 5.75 Å². The number of anilines is 1. The van der Waals surface area contributed by atoms with Gasteiger partial charge in [-0.1, -0.05) is 0 Å². The molecule has 1 aliphatic carbocycles. The van der Waals surface area contributed by atoms with E-state index in [0.717, 1.165) is 11.4 Å². The van der Waals surface area contributed by atoms with E-state index in [1.165, 1.54) is 12.8 Å². The van der Waals surface area contributed by atoms with Crippen molar-refractivity contribution in [2.24, 2.45) is 11.7 Å². The van der Waals surface area contributed by atoms with E-state index >= 15 is 0 Å². The van der Waals surface area contributed by atoms with Gasteiger partial charge in [-0.2, -0.15) is 0 Å². The van der Waals surface area contributed by atoms with Crippen molar-refractivity contribution >= 4 is 11.6 Å². The monoisotopic (exact) mass is 248 g/mol. The summed E-state index contributed by atoms with van der Waals surface area (Å²) in [5, 5.41) is 0. The lowest BCUT2D eigenvalue weighted by atomic mass is 10.1. The van der Waals surface area contributed by atoms with Gasteiger partial charge in [0.2, 0.25) is 5.91 Å². The molecule has 0 bridgehead atoms. The number of rotatable bonds is 6. The number of carbonyl (C=O) groups is 1. The number of nitrogens with two attached hydrogens (primary N) is 1. The van der Waals surface area contributed by atoms with E-state index in [2.05, 4.69) is 11.8 Å². The first kappa shape index (κ1) is 12.7. The van der Waals surface area contributed by atoms with Gasteiger partial charge in [-0.05, 0) is 49.9 Å². The molecule has 0 aromatic heterocycles. The van der Waals surface area contributed by atoms with Gasteiger partial charge in [0, 0.05) is 11.7 Å². The predicted molar refractivity (Wildman–Crippen MR) is 71.7 cm³/mol. The van der Waals surface area contributed by atoms with Crippen molar-refractivity contribution in [1.82, 2.24) is 0 Å². The number of ether oxygens (including phenoxy) is 1. The summed E-state index contributed by atoms with van der Waals surface area (Å²) in [6.07, 6.45) is 2.49. The Hall–Kier alpha value is -1.71. The first-order valence-corrected chi connectivity index (χ1v) is 6.31. The third-order valence-corrected chi connectivity index (χ3v) is 3.53. The third-order valence-electron chi connectivity index (χ3n) is 3.53. The van der Waals surface area contributed by atoms with Crippen molar-refractivity contribution in [3.05, 3.63) is 24.3 Å². The number of hydrogen-bond acceptors (Lipinski definition) is 3. The topological polar surface area (TPSA) is 55.6 Å². The summed E-state index contributed by atoms with van der Waals surface area (Å²) in [7, 11) is 1.64. The minimum absolute atomic E-state index is 0.268. The minimum atomic E-state index is -0.293. The van der Waals surface area contributed by atoms with E-state index in [4.69, 9.17) is 10.5 Å². The van der Waals surface area contributed by atoms with E-state index in [9.17, 15) is 4.79 Å². The minimum Gasteiger partial charge on any atom is -0.497 e. The van der Waals surface area contributed by atoms with Crippen LogP contribution in [0.2, 0.25) is 0 Å². The predicted octanol–water partition coefficient (Wildman–Crippen LogP) is 1.79. The molecular weight excluding hydrogens is 228 g/mol. The Labute approximate surface area is 108 Å². The van der Waals surface area contributed by atoms with Crippen molar-refractivity contribution in [3.63, 3.8) is 0 Å². The number of methoxy groups -OCH3 is 1. The smallest absolute Gasteiger partial charge is 0.236 e. The highest BCUT2D eigenvalue weighted by Crippen LogP contribution is 2.37. The van der Waals surface area contributed by atoms with E-state index in [1.54, 1.807) is 7.11 Å². The first-order valence-electron chi connectivity index (χ1n) is 6.31. The fourth-order valence-electron chi connectivity index (χ4n) is 2.25. The lowest BCUT2D eigenvalue weighted by molar-refractivity contribution is -0.116. The zero-order valence-corrected chi connectivity index (χ0v) is 10.9. The molecule has 1 atom stereocenters. The summed E-state index contributed by atoms with van der Waals surface area (Å²) in [6.45, 7) is 2.43. The molecule has 1 amide bonds. The van der Waals surface area contributed by atoms with Crippen LogP contribution >= 0.6 is 0 Å². The van der Waals surface area contributed by atoms with E-state index in [1.807, 2.05) is 24.3 Å². The van der Waals surface area contributed by atoms with Gasteiger partial charge in [0.25, 0.3) is 0 Å². The van der Waals surface area contributed by atoms with E-state index < -0.39 is 0 Å². The maximum Gasteiger partial charge on any atom is 0.236 e. The molecule has 2 rings (SSSR count). The Morgan fingerprint density at radius 3 is 2.50 bits per heavy atom. The van der Waals surface area contributed by atoms with Crippen LogP contribution in [0.3, 0.4) is 0 Å². The lowest BCUT2D eigenvalue weighted by Gasteiger charge is -2.30. The number of benzene rings is 1. The van der Waals surface area contributed by atoms with Crippen molar-refractivity contribution in [3.8, 4) is 5.75 Å². The highest BCUT2D eigenvalue weighted by Gasteiger charge is 2.32. The molecule has 18 heavy (non-hydrogen) atoms. The molecule has 0 heterocycles. The molecule has 1 aromatic rings. The number of carbonyl (C=O) groups excluding carboxylic acids is 1. The van der Waals surface area contributed by atoms with Gasteiger partial charge >= 0.3 is 0 Å². The molecule has 1 unspecified atom stereocenters. The summed E-state index contributed by atoms with van der Waals surface area (Å²) in [5.41, 5.74) is 6.36. The Morgan fingerprint density at radius 2 is 2.06 bits per heavy atom. The van der Waals surface area contributed by atoms with Crippen LogP contribution in [0.25, 0.3) is 0 Å². The second-order valence-electron chi connectivity index (χ2n) is 4.87. The molecule has 4 nitrogen and oxygen atoms in total. The maximum absolute atomic E-state index is 11.2. The van der Waals surface area contributed by atoms with E-state index in [0.29, 0.717) is 12.0 Å². The molecule has 4 heteroatoms. The molecule has 1 aromatic carbocycles. The molecule has 0 saturated heterocycles. The van der Waals surface area contributed by atoms with Crippen molar-refractivity contribution in [2.75, 3.05) is 18.6 Å². The van der Waals surface area contributed by atoms with Gasteiger partial charge in [-0.15, -0.1) is 0 Å². The standard InChI is InChI=1S/C14H20N2O2/c1-10(11-3-4-11)16(9-14(15)17)12-5-7-13(18-2)8-6-12/h5-8,10-11H,3-4,9H2,1-2H3,(H2,15,17). The number of hydrogen-bond donors (Lipinski definition) is 1.